The Bertz CT molecular complexity index is 339. The van der Waals surface area contributed by atoms with E-state index in [2.05, 4.69) is 0 Å². The van der Waals surface area contributed by atoms with Crippen LogP contribution < -0.4 is 15.2 Å². The summed E-state index contributed by atoms with van der Waals surface area (Å²) in [5, 5.41) is 0. The molecule has 0 aliphatic rings. The normalized spacial score (nSPS) is 10.6. The number of hydrogen-bond acceptors (Lipinski definition) is 4. The fourth-order valence-corrected chi connectivity index (χ4v) is 1.42. The fourth-order valence-electron chi connectivity index (χ4n) is 1.42. The van der Waals surface area contributed by atoms with E-state index < -0.39 is 0 Å². The van der Waals surface area contributed by atoms with Crippen LogP contribution in [0.2, 0.25) is 0 Å². The van der Waals surface area contributed by atoms with E-state index in [1.165, 1.54) is 0 Å². The van der Waals surface area contributed by atoms with Gasteiger partial charge in [-0.05, 0) is 32.0 Å². The van der Waals surface area contributed by atoms with Gasteiger partial charge < -0.3 is 19.9 Å². The number of nitrogens with two attached hydrogens (primary N) is 1. The van der Waals surface area contributed by atoms with Crippen LogP contribution in [0.4, 0.5) is 0 Å². The third-order valence-electron chi connectivity index (χ3n) is 2.28. The van der Waals surface area contributed by atoms with E-state index in [0.717, 1.165) is 17.1 Å². The Morgan fingerprint density at radius 2 is 2.00 bits per heavy atom. The molecule has 0 saturated heterocycles. The Kier molecular flexibility index (Phi) is 5.80. The van der Waals surface area contributed by atoms with Gasteiger partial charge >= 0.3 is 0 Å². The Morgan fingerprint density at radius 1 is 1.24 bits per heavy atom. The Hall–Kier alpha value is -1.26. The van der Waals surface area contributed by atoms with Gasteiger partial charge in [0.25, 0.3) is 0 Å². The Labute approximate surface area is 103 Å². The minimum Gasteiger partial charge on any atom is -0.497 e. The summed E-state index contributed by atoms with van der Waals surface area (Å²) in [6.45, 7) is 5.53. The third-order valence-corrected chi connectivity index (χ3v) is 2.28. The first-order valence-electron chi connectivity index (χ1n) is 5.78. The first kappa shape index (κ1) is 13.8. The number of benzene rings is 1. The van der Waals surface area contributed by atoms with E-state index in [1.54, 1.807) is 7.11 Å². The van der Waals surface area contributed by atoms with Gasteiger partial charge in [0, 0.05) is 12.1 Å². The summed E-state index contributed by atoms with van der Waals surface area (Å²) >= 11 is 0. The Balaban J connectivity index is 2.52. The van der Waals surface area contributed by atoms with Gasteiger partial charge in [-0.2, -0.15) is 0 Å². The van der Waals surface area contributed by atoms with E-state index in [0.29, 0.717) is 19.8 Å². The molecule has 0 fully saturated rings. The van der Waals surface area contributed by atoms with Crippen LogP contribution >= 0.6 is 0 Å². The van der Waals surface area contributed by atoms with Crippen LogP contribution in [-0.4, -0.2) is 26.4 Å². The van der Waals surface area contributed by atoms with Gasteiger partial charge in [0.1, 0.15) is 18.1 Å². The second kappa shape index (κ2) is 7.14. The molecule has 1 aromatic rings. The molecule has 0 spiro atoms. The van der Waals surface area contributed by atoms with E-state index in [-0.39, 0.29) is 6.10 Å². The van der Waals surface area contributed by atoms with Crippen molar-refractivity contribution in [1.29, 1.82) is 0 Å². The zero-order chi connectivity index (χ0) is 12.7. The van der Waals surface area contributed by atoms with Crippen molar-refractivity contribution in [1.82, 2.24) is 0 Å². The molecule has 1 aromatic carbocycles. The average Bonchev–Trinajstić information content (AvgIpc) is 2.34. The molecule has 0 aliphatic heterocycles. The van der Waals surface area contributed by atoms with E-state index >= 15 is 0 Å². The van der Waals surface area contributed by atoms with Crippen molar-refractivity contribution in [2.45, 2.75) is 26.5 Å². The largest absolute Gasteiger partial charge is 0.497 e. The quantitative estimate of drug-likeness (QED) is 0.739. The molecule has 0 radical (unpaired) electrons. The highest BCUT2D eigenvalue weighted by Crippen LogP contribution is 2.23. The molecule has 2 N–H and O–H groups in total. The van der Waals surface area contributed by atoms with Crippen LogP contribution in [0.1, 0.15) is 19.4 Å². The molecule has 0 aromatic heterocycles. The molecule has 4 heteroatoms. The average molecular weight is 239 g/mol. The standard InChI is InChI=1S/C13H21NO3/c1-10(2)16-6-7-17-13-5-4-12(15-3)8-11(13)9-14/h4-5,8,10H,6-7,9,14H2,1-3H3. The summed E-state index contributed by atoms with van der Waals surface area (Å²) in [6.07, 6.45) is 0.225. The Morgan fingerprint density at radius 3 is 2.59 bits per heavy atom. The van der Waals surface area contributed by atoms with E-state index in [4.69, 9.17) is 19.9 Å². The van der Waals surface area contributed by atoms with Crippen molar-refractivity contribution < 1.29 is 14.2 Å². The fraction of sp³-hybridized carbons (Fsp3) is 0.538. The van der Waals surface area contributed by atoms with Crippen molar-refractivity contribution >= 4 is 0 Å². The molecule has 0 saturated carbocycles. The molecule has 4 nitrogen and oxygen atoms in total. The lowest BCUT2D eigenvalue weighted by atomic mass is 10.2. The van der Waals surface area contributed by atoms with Crippen LogP contribution in [0, 0.1) is 0 Å². The molecule has 0 amide bonds. The van der Waals surface area contributed by atoms with Gasteiger partial charge in [0.2, 0.25) is 0 Å². The molecule has 0 bridgehead atoms. The lowest BCUT2D eigenvalue weighted by Gasteiger charge is -2.13. The number of methoxy groups -OCH3 is 1. The number of rotatable bonds is 7. The maximum atomic E-state index is 5.66. The third kappa shape index (κ3) is 4.63. The second-order valence-electron chi connectivity index (χ2n) is 3.95. The predicted molar refractivity (Wildman–Crippen MR) is 67.5 cm³/mol. The van der Waals surface area contributed by atoms with Gasteiger partial charge in [-0.15, -0.1) is 0 Å². The lowest BCUT2D eigenvalue weighted by molar-refractivity contribution is 0.0550. The summed E-state index contributed by atoms with van der Waals surface area (Å²) in [6, 6.07) is 5.62. The highest BCUT2D eigenvalue weighted by Gasteiger charge is 2.04. The summed E-state index contributed by atoms with van der Waals surface area (Å²) < 4.78 is 16.2. The summed E-state index contributed by atoms with van der Waals surface area (Å²) in [5.74, 6) is 1.58. The predicted octanol–water partition coefficient (Wildman–Crippen LogP) is 1.96. The molecule has 17 heavy (non-hydrogen) atoms. The zero-order valence-corrected chi connectivity index (χ0v) is 10.7. The van der Waals surface area contributed by atoms with Crippen LogP contribution in [-0.2, 0) is 11.3 Å². The molecule has 0 aliphatic carbocycles. The maximum absolute atomic E-state index is 5.66. The zero-order valence-electron chi connectivity index (χ0n) is 10.7. The first-order chi connectivity index (χ1) is 8.17. The van der Waals surface area contributed by atoms with Crippen molar-refractivity contribution in [3.63, 3.8) is 0 Å². The maximum Gasteiger partial charge on any atom is 0.124 e. The number of hydrogen-bond donors (Lipinski definition) is 1. The molecule has 1 rings (SSSR count). The van der Waals surface area contributed by atoms with Crippen molar-refractivity contribution in [2.24, 2.45) is 5.73 Å². The highest BCUT2D eigenvalue weighted by atomic mass is 16.5. The first-order valence-corrected chi connectivity index (χ1v) is 5.78. The highest BCUT2D eigenvalue weighted by molar-refractivity contribution is 5.40. The topological polar surface area (TPSA) is 53.7 Å². The summed E-state index contributed by atoms with van der Waals surface area (Å²) in [7, 11) is 1.63. The van der Waals surface area contributed by atoms with Gasteiger partial charge in [0.15, 0.2) is 0 Å². The molecule has 96 valence electrons. The minimum atomic E-state index is 0.225. The lowest BCUT2D eigenvalue weighted by Crippen LogP contribution is -2.12. The van der Waals surface area contributed by atoms with Gasteiger partial charge in [-0.3, -0.25) is 0 Å². The van der Waals surface area contributed by atoms with Crippen LogP contribution in [0.25, 0.3) is 0 Å². The van der Waals surface area contributed by atoms with E-state index in [9.17, 15) is 0 Å². The van der Waals surface area contributed by atoms with Gasteiger partial charge in [-0.1, -0.05) is 0 Å². The molecular formula is C13H21NO3. The number of ether oxygens (including phenoxy) is 3. The molecule has 0 unspecified atom stereocenters. The minimum absolute atomic E-state index is 0.225. The SMILES string of the molecule is COc1ccc(OCCOC(C)C)c(CN)c1. The summed E-state index contributed by atoms with van der Waals surface area (Å²) in [5.41, 5.74) is 6.60. The molecular weight excluding hydrogens is 218 g/mol. The van der Waals surface area contributed by atoms with Crippen molar-refractivity contribution in [3.05, 3.63) is 23.8 Å². The van der Waals surface area contributed by atoms with Crippen LogP contribution in [0.5, 0.6) is 11.5 Å². The monoisotopic (exact) mass is 239 g/mol. The van der Waals surface area contributed by atoms with Crippen LogP contribution in [0.3, 0.4) is 0 Å². The smallest absolute Gasteiger partial charge is 0.124 e. The molecule has 0 heterocycles. The van der Waals surface area contributed by atoms with Crippen LogP contribution in [0.15, 0.2) is 18.2 Å². The summed E-state index contributed by atoms with van der Waals surface area (Å²) in [4.78, 5) is 0. The molecule has 0 atom stereocenters. The van der Waals surface area contributed by atoms with Gasteiger partial charge in [0.05, 0.1) is 19.8 Å². The van der Waals surface area contributed by atoms with Crippen molar-refractivity contribution in [2.75, 3.05) is 20.3 Å². The van der Waals surface area contributed by atoms with Gasteiger partial charge in [-0.25, -0.2) is 0 Å². The second-order valence-corrected chi connectivity index (χ2v) is 3.95. The van der Waals surface area contributed by atoms with Crippen molar-refractivity contribution in [3.8, 4) is 11.5 Å². The van der Waals surface area contributed by atoms with E-state index in [1.807, 2.05) is 32.0 Å².